The summed E-state index contributed by atoms with van der Waals surface area (Å²) in [5.74, 6) is 1.32. The molecule has 0 aliphatic carbocycles. The van der Waals surface area contributed by atoms with E-state index in [-0.39, 0.29) is 11.8 Å². The Hall–Kier alpha value is -3.28. The summed E-state index contributed by atoms with van der Waals surface area (Å²) in [6, 6.07) is 17.6. The summed E-state index contributed by atoms with van der Waals surface area (Å²) in [6.07, 6.45) is 3.49. The van der Waals surface area contributed by atoms with Gasteiger partial charge in [0, 0.05) is 24.8 Å². The van der Waals surface area contributed by atoms with Crippen LogP contribution in [0.5, 0.6) is 0 Å². The number of carbonyl (C=O) groups excluding carboxylic acids is 1. The van der Waals surface area contributed by atoms with Crippen LogP contribution >= 0.6 is 0 Å². The minimum Gasteiger partial charge on any atom is -0.354 e. The molecule has 1 aliphatic rings. The Kier molecular flexibility index (Phi) is 5.28. The molecule has 1 fully saturated rings. The van der Waals surface area contributed by atoms with Crippen molar-refractivity contribution in [2.24, 2.45) is 5.92 Å². The zero-order valence-electron chi connectivity index (χ0n) is 15.9. The van der Waals surface area contributed by atoms with Gasteiger partial charge in [-0.15, -0.1) is 10.2 Å². The van der Waals surface area contributed by atoms with Gasteiger partial charge >= 0.3 is 0 Å². The third-order valence-electron chi connectivity index (χ3n) is 5.10. The molecule has 2 aromatic heterocycles. The highest BCUT2D eigenvalue weighted by Gasteiger charge is 2.27. The van der Waals surface area contributed by atoms with Crippen LogP contribution in [-0.2, 0) is 4.79 Å². The molecule has 0 saturated carbocycles. The van der Waals surface area contributed by atoms with Crippen molar-refractivity contribution in [1.82, 2.24) is 15.2 Å². The fourth-order valence-corrected chi connectivity index (χ4v) is 3.56. The van der Waals surface area contributed by atoms with Gasteiger partial charge in [0.1, 0.15) is 5.82 Å². The van der Waals surface area contributed by atoms with Gasteiger partial charge in [-0.2, -0.15) is 0 Å². The van der Waals surface area contributed by atoms with Gasteiger partial charge < -0.3 is 10.2 Å². The molecular weight excluding hydrogens is 350 g/mol. The Morgan fingerprint density at radius 2 is 1.93 bits per heavy atom. The maximum absolute atomic E-state index is 12.6. The van der Waals surface area contributed by atoms with Crippen LogP contribution in [0.3, 0.4) is 0 Å². The molecule has 1 amide bonds. The molecule has 0 bridgehead atoms. The molecule has 4 rings (SSSR count). The first-order chi connectivity index (χ1) is 13.7. The number of carbonyl (C=O) groups is 1. The second-order valence-corrected chi connectivity index (χ2v) is 7.08. The largest absolute Gasteiger partial charge is 0.354 e. The molecule has 1 saturated heterocycles. The first-order valence-corrected chi connectivity index (χ1v) is 9.57. The third-order valence-corrected chi connectivity index (χ3v) is 5.10. The lowest BCUT2D eigenvalue weighted by Crippen LogP contribution is -2.41. The highest BCUT2D eigenvalue weighted by atomic mass is 16.2. The predicted octanol–water partition coefficient (Wildman–Crippen LogP) is 3.70. The van der Waals surface area contributed by atoms with Crippen LogP contribution in [0.4, 0.5) is 11.6 Å². The van der Waals surface area contributed by atoms with E-state index >= 15 is 0 Å². The molecular formula is C22H23N5O. The van der Waals surface area contributed by atoms with Gasteiger partial charge in [-0.3, -0.25) is 4.79 Å². The van der Waals surface area contributed by atoms with Crippen LogP contribution < -0.4 is 10.2 Å². The predicted molar refractivity (Wildman–Crippen MR) is 110 cm³/mol. The maximum atomic E-state index is 12.6. The second-order valence-electron chi connectivity index (χ2n) is 7.08. The van der Waals surface area contributed by atoms with Crippen molar-refractivity contribution in [3.8, 4) is 11.3 Å². The molecule has 6 heteroatoms. The number of anilines is 2. The minimum absolute atomic E-state index is 0.00731. The van der Waals surface area contributed by atoms with E-state index in [0.29, 0.717) is 12.4 Å². The van der Waals surface area contributed by atoms with Crippen LogP contribution in [0.1, 0.15) is 18.4 Å². The monoisotopic (exact) mass is 373 g/mol. The van der Waals surface area contributed by atoms with Gasteiger partial charge in [0.25, 0.3) is 0 Å². The van der Waals surface area contributed by atoms with Crippen molar-refractivity contribution in [3.05, 3.63) is 66.4 Å². The molecule has 1 atom stereocenters. The number of pyridine rings is 1. The highest BCUT2D eigenvalue weighted by Crippen LogP contribution is 2.25. The quantitative estimate of drug-likeness (QED) is 0.755. The molecule has 0 radical (unpaired) electrons. The van der Waals surface area contributed by atoms with Crippen LogP contribution in [0, 0.1) is 12.8 Å². The normalized spacial score (nSPS) is 16.6. The van der Waals surface area contributed by atoms with Gasteiger partial charge in [0.15, 0.2) is 5.82 Å². The molecule has 1 aliphatic heterocycles. The van der Waals surface area contributed by atoms with Crippen molar-refractivity contribution in [2.75, 3.05) is 23.3 Å². The smallest absolute Gasteiger partial charge is 0.230 e. The number of benzene rings is 1. The second kappa shape index (κ2) is 8.17. The number of hydrogen-bond acceptors (Lipinski definition) is 5. The average Bonchev–Trinajstić information content (AvgIpc) is 2.75. The number of aryl methyl sites for hydroxylation is 1. The van der Waals surface area contributed by atoms with Crippen molar-refractivity contribution in [2.45, 2.75) is 19.8 Å². The summed E-state index contributed by atoms with van der Waals surface area (Å²) < 4.78 is 0. The fourth-order valence-electron chi connectivity index (χ4n) is 3.56. The van der Waals surface area contributed by atoms with Crippen LogP contribution in [-0.4, -0.2) is 34.2 Å². The number of amides is 1. The first kappa shape index (κ1) is 18.1. The minimum atomic E-state index is -0.0893. The topological polar surface area (TPSA) is 71.0 Å². The molecule has 3 heterocycles. The summed E-state index contributed by atoms with van der Waals surface area (Å²) >= 11 is 0. The van der Waals surface area contributed by atoms with E-state index in [0.717, 1.165) is 36.5 Å². The van der Waals surface area contributed by atoms with Gasteiger partial charge in [-0.25, -0.2) is 4.98 Å². The molecule has 1 N–H and O–H groups in total. The van der Waals surface area contributed by atoms with Gasteiger partial charge in [-0.05, 0) is 49.6 Å². The van der Waals surface area contributed by atoms with Crippen LogP contribution in [0.15, 0.2) is 60.8 Å². The van der Waals surface area contributed by atoms with E-state index in [4.69, 9.17) is 0 Å². The number of nitrogens with zero attached hydrogens (tertiary/aromatic N) is 4. The highest BCUT2D eigenvalue weighted by molar-refractivity contribution is 5.92. The maximum Gasteiger partial charge on any atom is 0.230 e. The Labute approximate surface area is 164 Å². The standard InChI is InChI=1S/C22H23N5O/c1-16-7-2-3-9-18(16)19-11-12-21(26-25-19)27-14-6-8-17(15-27)22(28)24-20-10-4-5-13-23-20/h2-5,7,9-13,17H,6,8,14-15H2,1H3,(H,23,24,28). The Balaban J connectivity index is 1.44. The number of hydrogen-bond donors (Lipinski definition) is 1. The average molecular weight is 373 g/mol. The zero-order chi connectivity index (χ0) is 19.3. The van der Waals surface area contributed by atoms with Crippen LogP contribution in [0.2, 0.25) is 0 Å². The molecule has 1 aromatic carbocycles. The summed E-state index contributed by atoms with van der Waals surface area (Å²) in [5.41, 5.74) is 3.13. The lowest BCUT2D eigenvalue weighted by molar-refractivity contribution is -0.120. The number of rotatable bonds is 4. The lowest BCUT2D eigenvalue weighted by Gasteiger charge is -2.32. The fraction of sp³-hybridized carbons (Fsp3) is 0.273. The number of nitrogens with one attached hydrogen (secondary N) is 1. The van der Waals surface area contributed by atoms with Gasteiger partial charge in [0.05, 0.1) is 11.6 Å². The van der Waals surface area contributed by atoms with Crippen molar-refractivity contribution >= 4 is 17.5 Å². The summed E-state index contributed by atoms with van der Waals surface area (Å²) in [5, 5.41) is 11.8. The molecule has 28 heavy (non-hydrogen) atoms. The summed E-state index contributed by atoms with van der Waals surface area (Å²) in [4.78, 5) is 18.9. The van der Waals surface area contributed by atoms with Crippen molar-refractivity contribution in [3.63, 3.8) is 0 Å². The van der Waals surface area contributed by atoms with E-state index in [1.165, 1.54) is 5.56 Å². The van der Waals surface area contributed by atoms with Crippen molar-refractivity contribution < 1.29 is 4.79 Å². The Morgan fingerprint density at radius 1 is 1.07 bits per heavy atom. The SMILES string of the molecule is Cc1ccccc1-c1ccc(N2CCCC(C(=O)Nc3ccccn3)C2)nn1. The Bertz CT molecular complexity index is 943. The van der Waals surface area contributed by atoms with Crippen molar-refractivity contribution in [1.29, 1.82) is 0 Å². The molecule has 0 spiro atoms. The number of aromatic nitrogens is 3. The Morgan fingerprint density at radius 3 is 2.68 bits per heavy atom. The molecule has 142 valence electrons. The zero-order valence-corrected chi connectivity index (χ0v) is 15.9. The molecule has 3 aromatic rings. The van der Waals surface area contributed by atoms with E-state index in [1.54, 1.807) is 12.3 Å². The van der Waals surface area contributed by atoms with E-state index in [1.807, 2.05) is 36.4 Å². The number of piperidine rings is 1. The van der Waals surface area contributed by atoms with Gasteiger partial charge in [0.2, 0.25) is 5.91 Å². The van der Waals surface area contributed by atoms with E-state index in [2.05, 4.69) is 44.5 Å². The summed E-state index contributed by atoms with van der Waals surface area (Å²) in [6.45, 7) is 3.59. The van der Waals surface area contributed by atoms with E-state index in [9.17, 15) is 4.79 Å². The lowest BCUT2D eigenvalue weighted by atomic mass is 9.97. The molecule has 1 unspecified atom stereocenters. The molecule has 6 nitrogen and oxygen atoms in total. The van der Waals surface area contributed by atoms with E-state index < -0.39 is 0 Å². The van der Waals surface area contributed by atoms with Gasteiger partial charge in [-0.1, -0.05) is 30.3 Å². The third kappa shape index (κ3) is 4.01. The van der Waals surface area contributed by atoms with Crippen LogP contribution in [0.25, 0.3) is 11.3 Å². The first-order valence-electron chi connectivity index (χ1n) is 9.57. The summed E-state index contributed by atoms with van der Waals surface area (Å²) in [7, 11) is 0.